The van der Waals surface area contributed by atoms with Crippen molar-refractivity contribution in [1.29, 1.82) is 0 Å². The van der Waals surface area contributed by atoms with E-state index >= 15 is 0 Å². The molecule has 13 heteroatoms. The Morgan fingerprint density at radius 2 is 1.33 bits per heavy atom. The number of hydrogen-bond acceptors (Lipinski definition) is 2. The van der Waals surface area contributed by atoms with E-state index < -0.39 is 77.3 Å². The fraction of sp³-hybridized carbons (Fsp3) is 0.739. The molecule has 0 aromatic carbocycles. The van der Waals surface area contributed by atoms with Crippen LogP contribution >= 0.6 is 0 Å². The zero-order chi connectivity index (χ0) is 26.5. The third kappa shape index (κ3) is 4.19. The second-order valence-corrected chi connectivity index (χ2v) is 9.97. The first kappa shape index (κ1) is 28.4. The van der Waals surface area contributed by atoms with Crippen LogP contribution in [0.1, 0.15) is 106 Å². The van der Waals surface area contributed by atoms with Crippen molar-refractivity contribution in [2.45, 2.75) is 103 Å². The molecular weight excluding hydrogens is 503 g/mol. The van der Waals surface area contributed by atoms with Gasteiger partial charge < -0.3 is 0 Å². The van der Waals surface area contributed by atoms with Crippen molar-refractivity contribution in [1.82, 2.24) is 19.6 Å². The van der Waals surface area contributed by atoms with Crippen LogP contribution in [0, 0.1) is 12.8 Å². The van der Waals surface area contributed by atoms with E-state index in [9.17, 15) is 39.5 Å². The largest absolute Gasteiger partial charge is 0.435 e. The lowest BCUT2D eigenvalue weighted by Crippen LogP contribution is -2.32. The molecule has 0 unspecified atom stereocenters. The molecule has 0 saturated heterocycles. The minimum atomic E-state index is -4.67. The summed E-state index contributed by atoms with van der Waals surface area (Å²) in [6, 6.07) is -0.879. The summed E-state index contributed by atoms with van der Waals surface area (Å²) in [5, 5.41) is 7.23. The molecule has 36 heavy (non-hydrogen) atoms. The minimum absolute atomic E-state index is 0. The summed E-state index contributed by atoms with van der Waals surface area (Å²) >= 11 is 0. The molecule has 2 heterocycles. The normalized spacial score (nSPS) is 24.4. The van der Waals surface area contributed by atoms with Crippen LogP contribution in [-0.2, 0) is 23.9 Å². The molecular formula is C23H29F9N4. The van der Waals surface area contributed by atoms with Crippen molar-refractivity contribution >= 4 is 0 Å². The summed E-state index contributed by atoms with van der Waals surface area (Å²) in [4.78, 5) is 0. The van der Waals surface area contributed by atoms with Crippen LogP contribution in [0.4, 0.5) is 39.5 Å². The predicted octanol–water partition coefficient (Wildman–Crippen LogP) is 8.08. The third-order valence-electron chi connectivity index (χ3n) is 6.69. The molecule has 0 amide bonds. The fourth-order valence-corrected chi connectivity index (χ4v) is 5.07. The van der Waals surface area contributed by atoms with Gasteiger partial charge in [0, 0.05) is 36.4 Å². The molecule has 3 aliphatic carbocycles. The topological polar surface area (TPSA) is 35.6 Å². The Labute approximate surface area is 202 Å². The van der Waals surface area contributed by atoms with E-state index in [1.807, 2.05) is 0 Å². The van der Waals surface area contributed by atoms with E-state index in [1.165, 1.54) is 6.92 Å². The van der Waals surface area contributed by atoms with Crippen LogP contribution < -0.4 is 0 Å². The molecule has 5 rings (SSSR count). The molecule has 0 spiro atoms. The Morgan fingerprint density at radius 1 is 0.833 bits per heavy atom. The van der Waals surface area contributed by atoms with Crippen molar-refractivity contribution in [2.75, 3.05) is 0 Å². The number of aromatic nitrogens is 4. The van der Waals surface area contributed by atoms with Crippen molar-refractivity contribution in [3.8, 4) is 0 Å². The maximum atomic E-state index is 14.0. The number of hydrogen-bond donors (Lipinski definition) is 0. The monoisotopic (exact) mass is 532 g/mol. The van der Waals surface area contributed by atoms with Gasteiger partial charge in [-0.1, -0.05) is 7.43 Å². The molecule has 2 aromatic rings. The molecule has 0 N–H and O–H groups in total. The van der Waals surface area contributed by atoms with Crippen molar-refractivity contribution in [3.05, 3.63) is 33.9 Å². The maximum Gasteiger partial charge on any atom is 0.435 e. The molecule has 4 nitrogen and oxygen atoms in total. The van der Waals surface area contributed by atoms with Crippen molar-refractivity contribution in [3.63, 3.8) is 0 Å². The summed E-state index contributed by atoms with van der Waals surface area (Å²) in [5.74, 6) is -11.2. The van der Waals surface area contributed by atoms with Crippen LogP contribution in [0.25, 0.3) is 0 Å². The molecule has 0 radical (unpaired) electrons. The second-order valence-electron chi connectivity index (χ2n) is 9.97. The Morgan fingerprint density at radius 3 is 1.83 bits per heavy atom. The van der Waals surface area contributed by atoms with Gasteiger partial charge in [-0.3, -0.25) is 9.36 Å². The maximum absolute atomic E-state index is 14.0. The average molecular weight is 532 g/mol. The third-order valence-corrected chi connectivity index (χ3v) is 6.69. The van der Waals surface area contributed by atoms with Gasteiger partial charge in [0.25, 0.3) is 17.8 Å². The molecule has 3 aliphatic rings. The number of nitrogens with zero attached hydrogens (tertiary/aromatic N) is 4. The van der Waals surface area contributed by atoms with Gasteiger partial charge in [0.05, 0.1) is 11.3 Å². The first-order chi connectivity index (χ1) is 15.8. The molecule has 2 aromatic heterocycles. The van der Waals surface area contributed by atoms with Gasteiger partial charge in [-0.2, -0.15) is 40.9 Å². The zero-order valence-corrected chi connectivity index (χ0v) is 19.6. The van der Waals surface area contributed by atoms with E-state index in [0.29, 0.717) is 0 Å². The van der Waals surface area contributed by atoms with E-state index in [2.05, 4.69) is 10.2 Å². The predicted molar refractivity (Wildman–Crippen MR) is 113 cm³/mol. The van der Waals surface area contributed by atoms with Gasteiger partial charge in [0.2, 0.25) is 0 Å². The van der Waals surface area contributed by atoms with Gasteiger partial charge in [0.1, 0.15) is 11.4 Å². The van der Waals surface area contributed by atoms with Crippen LogP contribution in [0.3, 0.4) is 0 Å². The van der Waals surface area contributed by atoms with Gasteiger partial charge >= 0.3 is 6.18 Å². The lowest BCUT2D eigenvalue weighted by atomic mass is 9.89. The van der Waals surface area contributed by atoms with Gasteiger partial charge in [0.15, 0.2) is 5.69 Å². The first-order valence-corrected chi connectivity index (χ1v) is 11.3. The van der Waals surface area contributed by atoms with Crippen LogP contribution in [0.5, 0.6) is 0 Å². The quantitative estimate of drug-likeness (QED) is 0.367. The Balaban J connectivity index is 0.000000196. The standard InChI is InChI=1S/C11H11F5N2.C11H14F4N2.CH4/c1-4(2)18-9-7(8(17-18)11(14,15)16)5-3-6(5)10(9,12)13;1-6(2)17-9-8(7(3)16-17)10(12,13)4-5-11(9,14)15;/h4-6H,3H2,1-2H3;6H,4-5H2,1-3H3;1H4/t5-,6+;;/m0../s1. The van der Waals surface area contributed by atoms with Crippen LogP contribution in [0.2, 0.25) is 0 Å². The van der Waals surface area contributed by atoms with E-state index in [4.69, 9.17) is 0 Å². The second kappa shape index (κ2) is 8.41. The van der Waals surface area contributed by atoms with Crippen LogP contribution in [0.15, 0.2) is 0 Å². The molecule has 2 atom stereocenters. The lowest BCUT2D eigenvalue weighted by Gasteiger charge is -2.30. The summed E-state index contributed by atoms with van der Waals surface area (Å²) in [7, 11) is 0. The Bertz CT molecular complexity index is 1140. The zero-order valence-electron chi connectivity index (χ0n) is 19.6. The highest BCUT2D eigenvalue weighted by Crippen LogP contribution is 2.68. The van der Waals surface area contributed by atoms with E-state index in [1.54, 1.807) is 27.7 Å². The van der Waals surface area contributed by atoms with Gasteiger partial charge in [-0.15, -0.1) is 0 Å². The smallest absolute Gasteiger partial charge is 0.260 e. The number of alkyl halides is 9. The Kier molecular flexibility index (Phi) is 6.62. The summed E-state index contributed by atoms with van der Waals surface area (Å²) in [5.41, 5.74) is -3.12. The summed E-state index contributed by atoms with van der Waals surface area (Å²) in [6.07, 6.45) is -6.19. The van der Waals surface area contributed by atoms with Gasteiger partial charge in [-0.05, 0) is 47.0 Å². The molecule has 0 aliphatic heterocycles. The van der Waals surface area contributed by atoms with Crippen LogP contribution in [-0.4, -0.2) is 19.6 Å². The van der Waals surface area contributed by atoms with Crippen molar-refractivity contribution in [2.24, 2.45) is 5.92 Å². The number of rotatable bonds is 2. The van der Waals surface area contributed by atoms with Crippen molar-refractivity contribution < 1.29 is 39.5 Å². The molecule has 1 fully saturated rings. The summed E-state index contributed by atoms with van der Waals surface area (Å²) in [6.45, 7) is 7.75. The number of fused-ring (bicyclic) bond motifs is 4. The number of aryl methyl sites for hydroxylation is 1. The SMILES string of the molecule is C.CC(C)n1nc(C(F)(F)F)c2c1C(F)(F)[C@@H]1C[C@H]21.Cc1nn(C(C)C)c2c1C(F)(F)CCC2(F)F. The minimum Gasteiger partial charge on any atom is -0.260 e. The average Bonchev–Trinajstić information content (AvgIpc) is 3.14. The van der Waals surface area contributed by atoms with E-state index in [0.717, 1.165) is 9.36 Å². The molecule has 0 bridgehead atoms. The highest BCUT2D eigenvalue weighted by Gasteiger charge is 2.68. The molecule has 204 valence electrons. The highest BCUT2D eigenvalue weighted by atomic mass is 19.4. The molecule has 1 saturated carbocycles. The van der Waals surface area contributed by atoms with Gasteiger partial charge in [-0.25, -0.2) is 8.78 Å². The Hall–Kier alpha value is -2.21. The summed E-state index contributed by atoms with van der Waals surface area (Å²) < 4.78 is 123. The van der Waals surface area contributed by atoms with E-state index in [-0.39, 0.29) is 31.1 Å². The fourth-order valence-electron chi connectivity index (χ4n) is 5.07. The number of halogens is 9. The lowest BCUT2D eigenvalue weighted by molar-refractivity contribution is -0.142. The highest BCUT2D eigenvalue weighted by molar-refractivity contribution is 5.47. The first-order valence-electron chi connectivity index (χ1n) is 11.3.